The van der Waals surface area contributed by atoms with E-state index >= 15 is 0 Å². The second-order valence-electron chi connectivity index (χ2n) is 5.29. The lowest BCUT2D eigenvalue weighted by Gasteiger charge is -2.08. The number of nitrogens with one attached hydrogen (secondary N) is 1. The monoisotopic (exact) mass is 424 g/mol. The van der Waals surface area contributed by atoms with Gasteiger partial charge in [0.1, 0.15) is 11.5 Å². The molecular formula is C19H18Cl2N2O5. The molecule has 0 aromatic heterocycles. The van der Waals surface area contributed by atoms with E-state index in [0.717, 1.165) is 0 Å². The van der Waals surface area contributed by atoms with E-state index in [4.69, 9.17) is 37.4 Å². The number of halogens is 2. The van der Waals surface area contributed by atoms with E-state index in [9.17, 15) is 9.59 Å². The molecule has 0 spiro atoms. The number of nitrogens with zero attached hydrogens (tertiary/aromatic N) is 1. The number of para-hydroxylation sites is 1. The number of hydrogen-bond donors (Lipinski definition) is 1. The molecule has 0 heterocycles. The van der Waals surface area contributed by atoms with Crippen LogP contribution in [0.1, 0.15) is 12.5 Å². The standard InChI is InChI=1S/C19H18Cl2N2O5/c1-2-26-19(25)12-28-16-6-4-3-5-13(16)10-22-23-18(24)11-27-17-8-7-14(20)9-15(17)21/h3-10H,2,11-12H2,1H3,(H,23,24)/b22-10-. The van der Waals surface area contributed by atoms with E-state index in [2.05, 4.69) is 10.5 Å². The third-order valence-corrected chi connectivity index (χ3v) is 3.75. The second kappa shape index (κ2) is 11.2. The quantitative estimate of drug-likeness (QED) is 0.378. The van der Waals surface area contributed by atoms with Gasteiger partial charge in [-0.05, 0) is 37.3 Å². The maximum atomic E-state index is 11.8. The maximum Gasteiger partial charge on any atom is 0.344 e. The summed E-state index contributed by atoms with van der Waals surface area (Å²) in [6, 6.07) is 11.6. The van der Waals surface area contributed by atoms with Crippen LogP contribution in [0.15, 0.2) is 47.6 Å². The maximum absolute atomic E-state index is 11.8. The van der Waals surface area contributed by atoms with Crippen molar-refractivity contribution in [2.45, 2.75) is 6.92 Å². The smallest absolute Gasteiger partial charge is 0.344 e. The first-order valence-electron chi connectivity index (χ1n) is 8.26. The van der Waals surface area contributed by atoms with Crippen LogP contribution in [-0.4, -0.2) is 37.9 Å². The highest BCUT2D eigenvalue weighted by molar-refractivity contribution is 6.35. The van der Waals surface area contributed by atoms with Crippen molar-refractivity contribution in [3.63, 3.8) is 0 Å². The van der Waals surface area contributed by atoms with Crippen molar-refractivity contribution in [1.29, 1.82) is 0 Å². The average Bonchev–Trinajstić information content (AvgIpc) is 2.67. The molecule has 0 atom stereocenters. The molecule has 2 aromatic rings. The fourth-order valence-electron chi connectivity index (χ4n) is 2.00. The zero-order chi connectivity index (χ0) is 20.4. The van der Waals surface area contributed by atoms with Gasteiger partial charge in [-0.25, -0.2) is 10.2 Å². The molecule has 0 aliphatic rings. The van der Waals surface area contributed by atoms with E-state index in [1.165, 1.54) is 12.3 Å². The summed E-state index contributed by atoms with van der Waals surface area (Å²) in [4.78, 5) is 23.2. The molecule has 2 aromatic carbocycles. The van der Waals surface area contributed by atoms with Crippen LogP contribution in [0, 0.1) is 0 Å². The van der Waals surface area contributed by atoms with Gasteiger partial charge in [0.05, 0.1) is 17.8 Å². The van der Waals surface area contributed by atoms with E-state index in [-0.39, 0.29) is 19.8 Å². The highest BCUT2D eigenvalue weighted by atomic mass is 35.5. The SMILES string of the molecule is CCOC(=O)COc1ccccc1/C=N\NC(=O)COc1ccc(Cl)cc1Cl. The summed E-state index contributed by atoms with van der Waals surface area (Å²) in [7, 11) is 0. The molecule has 0 radical (unpaired) electrons. The lowest BCUT2D eigenvalue weighted by molar-refractivity contribution is -0.145. The van der Waals surface area contributed by atoms with Crippen LogP contribution >= 0.6 is 23.2 Å². The van der Waals surface area contributed by atoms with E-state index < -0.39 is 11.9 Å². The van der Waals surface area contributed by atoms with Crippen LogP contribution in [0.4, 0.5) is 0 Å². The first-order valence-corrected chi connectivity index (χ1v) is 9.02. The van der Waals surface area contributed by atoms with Crippen molar-refractivity contribution >= 4 is 41.3 Å². The topological polar surface area (TPSA) is 86.2 Å². The zero-order valence-electron chi connectivity index (χ0n) is 15.0. The predicted molar refractivity (Wildman–Crippen MR) is 106 cm³/mol. The zero-order valence-corrected chi connectivity index (χ0v) is 16.5. The fraction of sp³-hybridized carbons (Fsp3) is 0.211. The summed E-state index contributed by atoms with van der Waals surface area (Å²) in [5.74, 6) is -0.187. The lowest BCUT2D eigenvalue weighted by atomic mass is 10.2. The van der Waals surface area contributed by atoms with Gasteiger partial charge in [0.2, 0.25) is 0 Å². The molecule has 0 saturated heterocycles. The normalized spacial score (nSPS) is 10.5. The largest absolute Gasteiger partial charge is 0.482 e. The molecule has 28 heavy (non-hydrogen) atoms. The Morgan fingerprint density at radius 2 is 1.82 bits per heavy atom. The van der Waals surface area contributed by atoms with Gasteiger partial charge in [0.25, 0.3) is 5.91 Å². The summed E-state index contributed by atoms with van der Waals surface area (Å²) in [6.07, 6.45) is 1.40. The molecule has 148 valence electrons. The molecule has 2 rings (SSSR count). The number of hydrogen-bond acceptors (Lipinski definition) is 6. The lowest BCUT2D eigenvalue weighted by Crippen LogP contribution is -2.24. The van der Waals surface area contributed by atoms with E-state index in [1.54, 1.807) is 43.3 Å². The Morgan fingerprint density at radius 3 is 2.57 bits per heavy atom. The van der Waals surface area contributed by atoms with Gasteiger partial charge in [-0.2, -0.15) is 5.10 Å². The minimum absolute atomic E-state index is 0.221. The van der Waals surface area contributed by atoms with Crippen LogP contribution in [0.2, 0.25) is 10.0 Å². The number of hydrazone groups is 1. The number of rotatable bonds is 9. The van der Waals surface area contributed by atoms with Crippen LogP contribution in [0.5, 0.6) is 11.5 Å². The van der Waals surface area contributed by atoms with Gasteiger partial charge in [-0.15, -0.1) is 0 Å². The van der Waals surface area contributed by atoms with Crippen LogP contribution in [-0.2, 0) is 14.3 Å². The van der Waals surface area contributed by atoms with Crippen molar-refractivity contribution in [3.8, 4) is 11.5 Å². The van der Waals surface area contributed by atoms with Crippen molar-refractivity contribution in [2.24, 2.45) is 5.10 Å². The second-order valence-corrected chi connectivity index (χ2v) is 6.13. The Bertz CT molecular complexity index is 858. The van der Waals surface area contributed by atoms with Gasteiger partial charge in [0.15, 0.2) is 13.2 Å². The molecular weight excluding hydrogens is 407 g/mol. The van der Waals surface area contributed by atoms with Gasteiger partial charge < -0.3 is 14.2 Å². The van der Waals surface area contributed by atoms with Gasteiger partial charge >= 0.3 is 5.97 Å². The summed E-state index contributed by atoms with van der Waals surface area (Å²) >= 11 is 11.8. The van der Waals surface area contributed by atoms with Crippen molar-refractivity contribution in [1.82, 2.24) is 5.43 Å². The van der Waals surface area contributed by atoms with Crippen molar-refractivity contribution < 1.29 is 23.8 Å². The van der Waals surface area contributed by atoms with E-state index in [1.807, 2.05) is 0 Å². The average molecular weight is 425 g/mol. The van der Waals surface area contributed by atoms with Crippen molar-refractivity contribution in [2.75, 3.05) is 19.8 Å². The number of amides is 1. The molecule has 1 amide bonds. The Morgan fingerprint density at radius 1 is 1.07 bits per heavy atom. The molecule has 0 bridgehead atoms. The first kappa shape index (κ1) is 21.5. The Hall–Kier alpha value is -2.77. The fourth-order valence-corrected chi connectivity index (χ4v) is 2.46. The van der Waals surface area contributed by atoms with Crippen molar-refractivity contribution in [3.05, 3.63) is 58.1 Å². The molecule has 0 unspecified atom stereocenters. The summed E-state index contributed by atoms with van der Waals surface area (Å²) in [5, 5.41) is 4.63. The molecule has 9 heteroatoms. The number of ether oxygens (including phenoxy) is 3. The number of carbonyl (C=O) groups excluding carboxylic acids is 2. The van der Waals surface area contributed by atoms with Crippen LogP contribution < -0.4 is 14.9 Å². The summed E-state index contributed by atoms with van der Waals surface area (Å²) in [5.41, 5.74) is 2.91. The van der Waals surface area contributed by atoms with Crippen LogP contribution in [0.3, 0.4) is 0 Å². The van der Waals surface area contributed by atoms with Gasteiger partial charge in [-0.1, -0.05) is 35.3 Å². The van der Waals surface area contributed by atoms with Crippen LogP contribution in [0.25, 0.3) is 0 Å². The third-order valence-electron chi connectivity index (χ3n) is 3.22. The minimum Gasteiger partial charge on any atom is -0.482 e. The molecule has 7 nitrogen and oxygen atoms in total. The molecule has 0 fully saturated rings. The Balaban J connectivity index is 1.86. The number of benzene rings is 2. The van der Waals surface area contributed by atoms with E-state index in [0.29, 0.717) is 27.1 Å². The molecule has 0 aliphatic carbocycles. The number of carbonyl (C=O) groups is 2. The Kier molecular flexibility index (Phi) is 8.58. The highest BCUT2D eigenvalue weighted by Crippen LogP contribution is 2.27. The highest BCUT2D eigenvalue weighted by Gasteiger charge is 2.07. The molecule has 0 aliphatic heterocycles. The molecule has 0 saturated carbocycles. The number of esters is 1. The molecule has 1 N–H and O–H groups in total. The predicted octanol–water partition coefficient (Wildman–Crippen LogP) is 3.46. The third kappa shape index (κ3) is 7.09. The minimum atomic E-state index is -0.479. The van der Waals surface area contributed by atoms with Gasteiger partial charge in [0, 0.05) is 10.6 Å². The summed E-state index contributed by atoms with van der Waals surface area (Å²) in [6.45, 7) is 1.49. The first-order chi connectivity index (χ1) is 13.5. The summed E-state index contributed by atoms with van der Waals surface area (Å²) < 4.78 is 15.5. The Labute approximate surface area is 172 Å². The van der Waals surface area contributed by atoms with Gasteiger partial charge in [-0.3, -0.25) is 4.79 Å².